The number of carbonyl (C=O) groups is 1. The Morgan fingerprint density at radius 2 is 1.59 bits per heavy atom. The minimum Gasteiger partial charge on any atom is -0.478 e. The van der Waals surface area contributed by atoms with Crippen LogP contribution in [0, 0.1) is 11.6 Å². The van der Waals surface area contributed by atoms with Gasteiger partial charge in [-0.05, 0) is 29.8 Å². The molecule has 0 radical (unpaired) electrons. The summed E-state index contributed by atoms with van der Waals surface area (Å²) >= 11 is 0. The van der Waals surface area contributed by atoms with Gasteiger partial charge < -0.3 is 5.11 Å². The van der Waals surface area contributed by atoms with Gasteiger partial charge in [0.15, 0.2) is 4.90 Å². The van der Waals surface area contributed by atoms with Crippen molar-refractivity contribution >= 4 is 16.0 Å². The third kappa shape index (κ3) is 3.46. The maximum absolute atomic E-state index is 13.5. The molecule has 0 spiro atoms. The van der Waals surface area contributed by atoms with Crippen molar-refractivity contribution < 1.29 is 27.1 Å². The van der Waals surface area contributed by atoms with E-state index in [4.69, 9.17) is 5.11 Å². The second-order valence-electron chi connectivity index (χ2n) is 4.38. The number of benzene rings is 2. The topological polar surface area (TPSA) is 83.5 Å². The molecule has 0 atom stereocenters. The lowest BCUT2D eigenvalue weighted by molar-refractivity contribution is 0.0697. The molecule has 0 amide bonds. The zero-order chi connectivity index (χ0) is 16.3. The first-order valence-electron chi connectivity index (χ1n) is 6.07. The Morgan fingerprint density at radius 3 is 2.09 bits per heavy atom. The van der Waals surface area contributed by atoms with Crippen LogP contribution in [-0.4, -0.2) is 19.5 Å². The van der Waals surface area contributed by atoms with Gasteiger partial charge in [-0.3, -0.25) is 0 Å². The summed E-state index contributed by atoms with van der Waals surface area (Å²) in [6, 6.07) is 8.17. The first kappa shape index (κ1) is 16.1. The van der Waals surface area contributed by atoms with Crippen LogP contribution in [0.3, 0.4) is 0 Å². The second kappa shape index (κ2) is 6.20. The van der Waals surface area contributed by atoms with Crippen molar-refractivity contribution in [3.8, 4) is 0 Å². The van der Waals surface area contributed by atoms with Crippen molar-refractivity contribution in [2.45, 2.75) is 11.4 Å². The number of nitrogens with one attached hydrogen (secondary N) is 1. The van der Waals surface area contributed by atoms with E-state index in [1.807, 2.05) is 0 Å². The van der Waals surface area contributed by atoms with E-state index in [1.165, 1.54) is 24.3 Å². The number of aromatic carboxylic acids is 1. The molecule has 0 bridgehead atoms. The van der Waals surface area contributed by atoms with Crippen molar-refractivity contribution in [1.29, 1.82) is 0 Å². The van der Waals surface area contributed by atoms with E-state index >= 15 is 0 Å². The highest BCUT2D eigenvalue weighted by molar-refractivity contribution is 7.89. The lowest BCUT2D eigenvalue weighted by atomic mass is 10.1. The lowest BCUT2D eigenvalue weighted by Gasteiger charge is -2.08. The first-order valence-corrected chi connectivity index (χ1v) is 7.55. The van der Waals surface area contributed by atoms with Gasteiger partial charge in [0.05, 0.1) is 5.56 Å². The Labute approximate surface area is 125 Å². The predicted octanol–water partition coefficient (Wildman–Crippen LogP) is 2.14. The summed E-state index contributed by atoms with van der Waals surface area (Å²) in [7, 11) is -4.36. The summed E-state index contributed by atoms with van der Waals surface area (Å²) in [5.41, 5.74) is 0.497. The Hall–Kier alpha value is -2.32. The van der Waals surface area contributed by atoms with Crippen molar-refractivity contribution in [2.75, 3.05) is 0 Å². The zero-order valence-corrected chi connectivity index (χ0v) is 11.9. The van der Waals surface area contributed by atoms with Crippen LogP contribution in [-0.2, 0) is 16.6 Å². The molecule has 8 heteroatoms. The molecular formula is C14H11F2NO4S. The fourth-order valence-corrected chi connectivity index (χ4v) is 2.91. The van der Waals surface area contributed by atoms with Crippen LogP contribution in [0.25, 0.3) is 0 Å². The van der Waals surface area contributed by atoms with Crippen molar-refractivity contribution in [1.82, 2.24) is 4.72 Å². The van der Waals surface area contributed by atoms with E-state index in [9.17, 15) is 22.0 Å². The standard InChI is InChI=1S/C14H11F2NO4S/c15-11-2-1-3-12(16)13(11)22(20,21)17-8-9-4-6-10(7-5-9)14(18)19/h1-7,17H,8H2,(H,18,19). The lowest BCUT2D eigenvalue weighted by Crippen LogP contribution is -2.25. The third-order valence-corrected chi connectivity index (χ3v) is 4.31. The molecule has 0 saturated heterocycles. The van der Waals surface area contributed by atoms with E-state index in [1.54, 1.807) is 0 Å². The minimum atomic E-state index is -4.36. The van der Waals surface area contributed by atoms with Crippen molar-refractivity contribution in [3.63, 3.8) is 0 Å². The summed E-state index contributed by atoms with van der Waals surface area (Å²) in [5, 5.41) is 8.75. The maximum Gasteiger partial charge on any atom is 0.335 e. The summed E-state index contributed by atoms with van der Waals surface area (Å²) in [6.07, 6.45) is 0. The fraction of sp³-hybridized carbons (Fsp3) is 0.0714. The van der Waals surface area contributed by atoms with Gasteiger partial charge >= 0.3 is 5.97 Å². The van der Waals surface area contributed by atoms with E-state index in [-0.39, 0.29) is 12.1 Å². The molecule has 116 valence electrons. The Morgan fingerprint density at radius 1 is 1.05 bits per heavy atom. The SMILES string of the molecule is O=C(O)c1ccc(CNS(=O)(=O)c2c(F)cccc2F)cc1. The molecule has 0 aromatic heterocycles. The number of rotatable bonds is 5. The molecule has 5 nitrogen and oxygen atoms in total. The van der Waals surface area contributed by atoms with Gasteiger partial charge in [0, 0.05) is 6.54 Å². The fourth-order valence-electron chi connectivity index (χ4n) is 1.75. The van der Waals surface area contributed by atoms with Gasteiger partial charge in [0.1, 0.15) is 11.6 Å². The van der Waals surface area contributed by atoms with Gasteiger partial charge in [-0.15, -0.1) is 0 Å². The highest BCUT2D eigenvalue weighted by Gasteiger charge is 2.23. The van der Waals surface area contributed by atoms with Crippen LogP contribution in [0.15, 0.2) is 47.4 Å². The number of carboxylic acids is 1. The number of sulfonamides is 1. The average molecular weight is 327 g/mol. The summed E-state index contributed by atoms with van der Waals surface area (Å²) < 4.78 is 52.9. The minimum absolute atomic E-state index is 0.0479. The summed E-state index contributed by atoms with van der Waals surface area (Å²) in [4.78, 5) is 9.65. The van der Waals surface area contributed by atoms with Crippen LogP contribution in [0.1, 0.15) is 15.9 Å². The van der Waals surface area contributed by atoms with E-state index in [0.29, 0.717) is 5.56 Å². The van der Waals surface area contributed by atoms with Gasteiger partial charge in [-0.25, -0.2) is 26.7 Å². The van der Waals surface area contributed by atoms with Gasteiger partial charge in [-0.1, -0.05) is 18.2 Å². The number of hydrogen-bond donors (Lipinski definition) is 2. The molecule has 0 unspecified atom stereocenters. The predicted molar refractivity (Wildman–Crippen MR) is 73.8 cm³/mol. The molecular weight excluding hydrogens is 316 g/mol. The van der Waals surface area contributed by atoms with Crippen LogP contribution in [0.5, 0.6) is 0 Å². The molecule has 0 heterocycles. The molecule has 2 aromatic carbocycles. The monoisotopic (exact) mass is 327 g/mol. The first-order chi connectivity index (χ1) is 10.3. The molecule has 0 aliphatic heterocycles. The third-order valence-electron chi connectivity index (χ3n) is 2.85. The quantitative estimate of drug-likeness (QED) is 0.881. The smallest absolute Gasteiger partial charge is 0.335 e. The van der Waals surface area contributed by atoms with Crippen molar-refractivity contribution in [2.24, 2.45) is 0 Å². The van der Waals surface area contributed by atoms with E-state index < -0.39 is 32.5 Å². The van der Waals surface area contributed by atoms with Crippen LogP contribution < -0.4 is 4.72 Å². The number of halogens is 2. The molecule has 2 aromatic rings. The summed E-state index contributed by atoms with van der Waals surface area (Å²) in [6.45, 7) is -0.226. The highest BCUT2D eigenvalue weighted by atomic mass is 32.2. The highest BCUT2D eigenvalue weighted by Crippen LogP contribution is 2.18. The summed E-state index contributed by atoms with van der Waals surface area (Å²) in [5.74, 6) is -3.48. The normalized spacial score (nSPS) is 11.4. The largest absolute Gasteiger partial charge is 0.478 e. The Kier molecular flexibility index (Phi) is 4.53. The van der Waals surface area contributed by atoms with Crippen molar-refractivity contribution in [3.05, 3.63) is 65.2 Å². The van der Waals surface area contributed by atoms with Gasteiger partial charge in [-0.2, -0.15) is 0 Å². The van der Waals surface area contributed by atoms with Gasteiger partial charge in [0.25, 0.3) is 0 Å². The Balaban J connectivity index is 2.18. The van der Waals surface area contributed by atoms with E-state index in [0.717, 1.165) is 18.2 Å². The van der Waals surface area contributed by atoms with Crippen LogP contribution in [0.2, 0.25) is 0 Å². The van der Waals surface area contributed by atoms with Crippen LogP contribution in [0.4, 0.5) is 8.78 Å². The van der Waals surface area contributed by atoms with Gasteiger partial charge in [0.2, 0.25) is 10.0 Å². The molecule has 2 rings (SSSR count). The maximum atomic E-state index is 13.5. The molecule has 0 aliphatic carbocycles. The molecule has 0 saturated carbocycles. The molecule has 2 N–H and O–H groups in total. The molecule has 0 aliphatic rings. The number of carboxylic acid groups (broad SMARTS) is 1. The van der Waals surface area contributed by atoms with Crippen LogP contribution >= 0.6 is 0 Å². The molecule has 22 heavy (non-hydrogen) atoms. The number of hydrogen-bond acceptors (Lipinski definition) is 3. The Bertz CT molecular complexity index is 784. The zero-order valence-electron chi connectivity index (χ0n) is 11.1. The molecule has 0 fully saturated rings. The van der Waals surface area contributed by atoms with E-state index in [2.05, 4.69) is 4.72 Å². The second-order valence-corrected chi connectivity index (χ2v) is 6.08. The average Bonchev–Trinajstić information content (AvgIpc) is 2.45.